The topological polar surface area (TPSA) is 64.6 Å². The highest BCUT2D eigenvalue weighted by Crippen LogP contribution is 2.38. The molecule has 0 saturated carbocycles. The fraction of sp³-hybridized carbons (Fsp3) is 0.143. The number of anilines is 1. The molecule has 0 bridgehead atoms. The molecule has 0 aliphatic carbocycles. The lowest BCUT2D eigenvalue weighted by Gasteiger charge is -2.20. The molecule has 3 rings (SSSR count). The molecule has 0 atom stereocenters. The molecule has 8 heteroatoms. The highest BCUT2D eigenvalue weighted by Gasteiger charge is 2.20. The van der Waals surface area contributed by atoms with E-state index in [0.717, 1.165) is 6.07 Å². The van der Waals surface area contributed by atoms with Crippen molar-refractivity contribution in [3.05, 3.63) is 46.7 Å². The third-order valence-corrected chi connectivity index (χ3v) is 5.00. The minimum Gasteiger partial charge on any atom is -0.486 e. The SMILES string of the molecule is O=S(=O)(Nc1cc2c(cc1Br)OCCO2)c1cccc(F)c1. The standard InChI is InChI=1S/C14H11BrFNO4S/c15-11-7-13-14(21-5-4-20-13)8-12(11)17-22(18,19)10-3-1-2-9(16)6-10/h1-3,6-8,17H,4-5H2. The number of sulfonamides is 1. The Labute approximate surface area is 135 Å². The number of fused-ring (bicyclic) bond motifs is 1. The number of hydrogen-bond donors (Lipinski definition) is 1. The van der Waals surface area contributed by atoms with E-state index in [2.05, 4.69) is 20.7 Å². The van der Waals surface area contributed by atoms with Gasteiger partial charge in [-0.25, -0.2) is 12.8 Å². The molecule has 1 heterocycles. The molecule has 0 spiro atoms. The zero-order chi connectivity index (χ0) is 15.7. The molecule has 22 heavy (non-hydrogen) atoms. The highest BCUT2D eigenvalue weighted by molar-refractivity contribution is 9.10. The predicted octanol–water partition coefficient (Wildman–Crippen LogP) is 3.16. The molecule has 0 unspecified atom stereocenters. The lowest BCUT2D eigenvalue weighted by Crippen LogP contribution is -2.17. The van der Waals surface area contributed by atoms with Crippen molar-refractivity contribution >= 4 is 31.6 Å². The summed E-state index contributed by atoms with van der Waals surface area (Å²) < 4.78 is 51.5. The van der Waals surface area contributed by atoms with Crippen LogP contribution in [0.3, 0.4) is 0 Å². The fourth-order valence-corrected chi connectivity index (χ4v) is 3.63. The van der Waals surface area contributed by atoms with Crippen molar-refractivity contribution in [1.29, 1.82) is 0 Å². The molecule has 2 aromatic rings. The largest absolute Gasteiger partial charge is 0.486 e. The number of ether oxygens (including phenoxy) is 2. The molecule has 1 N–H and O–H groups in total. The Morgan fingerprint density at radius 2 is 1.77 bits per heavy atom. The van der Waals surface area contributed by atoms with Gasteiger partial charge in [0.1, 0.15) is 19.0 Å². The van der Waals surface area contributed by atoms with Gasteiger partial charge in [-0.15, -0.1) is 0 Å². The molecular formula is C14H11BrFNO4S. The molecule has 1 aliphatic rings. The molecular weight excluding hydrogens is 377 g/mol. The van der Waals surface area contributed by atoms with Crippen molar-refractivity contribution in [2.45, 2.75) is 4.90 Å². The van der Waals surface area contributed by atoms with Gasteiger partial charge in [0, 0.05) is 16.6 Å². The number of benzene rings is 2. The van der Waals surface area contributed by atoms with Gasteiger partial charge in [0.15, 0.2) is 11.5 Å². The third kappa shape index (κ3) is 3.02. The maximum Gasteiger partial charge on any atom is 0.262 e. The predicted molar refractivity (Wildman–Crippen MR) is 82.3 cm³/mol. The number of nitrogens with one attached hydrogen (secondary N) is 1. The summed E-state index contributed by atoms with van der Waals surface area (Å²) in [5.41, 5.74) is 0.286. The monoisotopic (exact) mass is 387 g/mol. The molecule has 1 aliphatic heterocycles. The van der Waals surface area contributed by atoms with E-state index in [0.29, 0.717) is 29.2 Å². The van der Waals surface area contributed by atoms with Crippen LogP contribution in [0.5, 0.6) is 11.5 Å². The van der Waals surface area contributed by atoms with E-state index < -0.39 is 15.8 Å². The Morgan fingerprint density at radius 1 is 1.09 bits per heavy atom. The second kappa shape index (κ2) is 5.77. The van der Waals surface area contributed by atoms with Crippen molar-refractivity contribution in [3.8, 4) is 11.5 Å². The normalized spacial score (nSPS) is 13.7. The quantitative estimate of drug-likeness (QED) is 0.878. The average molecular weight is 388 g/mol. The summed E-state index contributed by atoms with van der Waals surface area (Å²) in [4.78, 5) is -0.158. The van der Waals surface area contributed by atoms with Crippen molar-refractivity contribution in [3.63, 3.8) is 0 Å². The van der Waals surface area contributed by atoms with Gasteiger partial charge in [-0.3, -0.25) is 4.72 Å². The summed E-state index contributed by atoms with van der Waals surface area (Å²) in [5, 5.41) is 0. The molecule has 116 valence electrons. The second-order valence-corrected chi connectivity index (χ2v) is 7.08. The Kier molecular flexibility index (Phi) is 3.96. The first-order valence-electron chi connectivity index (χ1n) is 6.33. The van der Waals surface area contributed by atoms with E-state index in [-0.39, 0.29) is 10.6 Å². The van der Waals surface area contributed by atoms with E-state index in [1.54, 1.807) is 6.07 Å². The van der Waals surface area contributed by atoms with Crippen LogP contribution in [0, 0.1) is 5.82 Å². The summed E-state index contributed by atoms with van der Waals surface area (Å²) >= 11 is 3.28. The molecule has 0 radical (unpaired) electrons. The van der Waals surface area contributed by atoms with Crippen LogP contribution >= 0.6 is 15.9 Å². The first kappa shape index (κ1) is 15.1. The zero-order valence-corrected chi connectivity index (χ0v) is 13.6. The third-order valence-electron chi connectivity index (χ3n) is 2.98. The summed E-state index contributed by atoms with van der Waals surface area (Å²) in [6.45, 7) is 0.832. The summed E-state index contributed by atoms with van der Waals surface area (Å²) in [6, 6.07) is 7.93. The van der Waals surface area contributed by atoms with Crippen molar-refractivity contribution in [2.24, 2.45) is 0 Å². The van der Waals surface area contributed by atoms with Crippen molar-refractivity contribution in [2.75, 3.05) is 17.9 Å². The minimum absolute atomic E-state index is 0.158. The van der Waals surface area contributed by atoms with Gasteiger partial charge in [0.25, 0.3) is 10.0 Å². The zero-order valence-electron chi connectivity index (χ0n) is 11.2. The first-order valence-corrected chi connectivity index (χ1v) is 8.61. The van der Waals surface area contributed by atoms with Gasteiger partial charge in [0.2, 0.25) is 0 Å². The van der Waals surface area contributed by atoms with E-state index in [1.165, 1.54) is 24.3 Å². The average Bonchev–Trinajstić information content (AvgIpc) is 2.48. The summed E-state index contributed by atoms with van der Waals surface area (Å²) in [7, 11) is -3.90. The highest BCUT2D eigenvalue weighted by atomic mass is 79.9. The van der Waals surface area contributed by atoms with Gasteiger partial charge < -0.3 is 9.47 Å². The smallest absolute Gasteiger partial charge is 0.262 e. The van der Waals surface area contributed by atoms with Crippen LogP contribution in [-0.4, -0.2) is 21.6 Å². The van der Waals surface area contributed by atoms with Gasteiger partial charge in [-0.2, -0.15) is 0 Å². The van der Waals surface area contributed by atoms with Gasteiger partial charge in [-0.1, -0.05) is 6.07 Å². The van der Waals surface area contributed by atoms with Gasteiger partial charge in [-0.05, 0) is 34.1 Å². The van der Waals surface area contributed by atoms with Crippen LogP contribution in [0.15, 0.2) is 45.8 Å². The molecule has 0 saturated heterocycles. The number of hydrogen-bond acceptors (Lipinski definition) is 4. The maximum atomic E-state index is 13.2. The maximum absolute atomic E-state index is 13.2. The summed E-state index contributed by atoms with van der Waals surface area (Å²) in [6.07, 6.45) is 0. The van der Waals surface area contributed by atoms with Crippen LogP contribution in [0.1, 0.15) is 0 Å². The Hall–Kier alpha value is -1.80. The second-order valence-electron chi connectivity index (χ2n) is 4.54. The molecule has 0 aromatic heterocycles. The first-order chi connectivity index (χ1) is 10.5. The number of rotatable bonds is 3. The molecule has 2 aromatic carbocycles. The van der Waals surface area contributed by atoms with Gasteiger partial charge in [0.05, 0.1) is 10.6 Å². The summed E-state index contributed by atoms with van der Waals surface area (Å²) in [5.74, 6) is 0.363. The fourth-order valence-electron chi connectivity index (χ4n) is 1.98. The van der Waals surface area contributed by atoms with Gasteiger partial charge >= 0.3 is 0 Å². The molecule has 0 amide bonds. The van der Waals surface area contributed by atoms with E-state index in [1.807, 2.05) is 0 Å². The van der Waals surface area contributed by atoms with Crippen LogP contribution in [-0.2, 0) is 10.0 Å². The Morgan fingerprint density at radius 3 is 2.45 bits per heavy atom. The van der Waals surface area contributed by atoms with Crippen molar-refractivity contribution in [1.82, 2.24) is 0 Å². The van der Waals surface area contributed by atoms with Crippen molar-refractivity contribution < 1.29 is 22.3 Å². The Balaban J connectivity index is 1.95. The molecule has 0 fully saturated rings. The number of halogens is 2. The van der Waals surface area contributed by atoms with Crippen LogP contribution in [0.25, 0.3) is 0 Å². The lowest BCUT2D eigenvalue weighted by molar-refractivity contribution is 0.171. The van der Waals surface area contributed by atoms with E-state index >= 15 is 0 Å². The van der Waals surface area contributed by atoms with E-state index in [4.69, 9.17) is 9.47 Å². The lowest BCUT2D eigenvalue weighted by atomic mass is 10.2. The van der Waals surface area contributed by atoms with Crippen LogP contribution in [0.4, 0.5) is 10.1 Å². The van der Waals surface area contributed by atoms with E-state index in [9.17, 15) is 12.8 Å². The van der Waals surface area contributed by atoms with Crippen LogP contribution < -0.4 is 14.2 Å². The van der Waals surface area contributed by atoms with Crippen LogP contribution in [0.2, 0.25) is 0 Å². The minimum atomic E-state index is -3.90. The Bertz CT molecular complexity index is 826. The molecule has 5 nitrogen and oxygen atoms in total.